The first-order valence-electron chi connectivity index (χ1n) is 16.0. The zero-order valence-electron chi connectivity index (χ0n) is 28.0. The molecule has 4 aromatic carbocycles. The summed E-state index contributed by atoms with van der Waals surface area (Å²) in [5.41, 5.74) is 12.5. The molecule has 0 radical (unpaired) electrons. The number of phenolic OH excluding ortho intramolecular Hbond substituents is 1. The average Bonchev–Trinajstić information content (AvgIpc) is 3.07. The van der Waals surface area contributed by atoms with E-state index in [1.807, 2.05) is 60.8 Å². The number of rotatable bonds is 5. The van der Waals surface area contributed by atoms with E-state index in [-0.39, 0.29) is 16.6 Å². The number of nitrogens with zero attached hydrogens (tertiary/aromatic N) is 2. The summed E-state index contributed by atoms with van der Waals surface area (Å²) in [5, 5.41) is 10.9. The molecular weight excluding hydrogens is 572 g/mol. The maximum Gasteiger partial charge on any atom is 0.124 e. The SMILES string of the molecule is C#Cc1ccccc1-c1ccnc(-c2cccc(-c3cc(-c4cc(C(C)(C)C)cc(C(C)(C)C)c4)cc(-c4ccccc4O)n3)c2)c1. The maximum atomic E-state index is 10.9. The normalized spacial score (nSPS) is 11.7. The van der Waals surface area contributed by atoms with E-state index in [0.29, 0.717) is 11.3 Å². The van der Waals surface area contributed by atoms with Gasteiger partial charge in [-0.25, -0.2) is 4.98 Å². The molecule has 0 fully saturated rings. The van der Waals surface area contributed by atoms with Crippen molar-refractivity contribution in [3.05, 3.63) is 138 Å². The summed E-state index contributed by atoms with van der Waals surface area (Å²) in [6.07, 6.45) is 7.64. The van der Waals surface area contributed by atoms with Gasteiger partial charge in [0, 0.05) is 28.5 Å². The van der Waals surface area contributed by atoms with E-state index in [9.17, 15) is 5.11 Å². The van der Waals surface area contributed by atoms with E-state index in [2.05, 4.69) is 102 Å². The number of phenols is 1. The predicted octanol–water partition coefficient (Wildman–Crippen LogP) is 11.1. The van der Waals surface area contributed by atoms with Crippen molar-refractivity contribution in [2.45, 2.75) is 52.4 Å². The molecule has 2 aromatic heterocycles. The molecule has 0 unspecified atom stereocenters. The quantitative estimate of drug-likeness (QED) is 0.197. The van der Waals surface area contributed by atoms with Gasteiger partial charge in [-0.05, 0) is 92.7 Å². The van der Waals surface area contributed by atoms with Crippen molar-refractivity contribution in [1.82, 2.24) is 9.97 Å². The van der Waals surface area contributed by atoms with E-state index >= 15 is 0 Å². The summed E-state index contributed by atoms with van der Waals surface area (Å²) < 4.78 is 0. The van der Waals surface area contributed by atoms with Gasteiger partial charge in [0.05, 0.1) is 17.1 Å². The van der Waals surface area contributed by atoms with Crippen molar-refractivity contribution >= 4 is 0 Å². The maximum absolute atomic E-state index is 10.9. The van der Waals surface area contributed by atoms with Crippen molar-refractivity contribution in [3.63, 3.8) is 0 Å². The summed E-state index contributed by atoms with van der Waals surface area (Å²) in [4.78, 5) is 9.85. The Hall–Kier alpha value is -5.46. The lowest BCUT2D eigenvalue weighted by Crippen LogP contribution is -2.16. The third-order valence-electron chi connectivity index (χ3n) is 8.61. The molecule has 0 saturated carbocycles. The van der Waals surface area contributed by atoms with Gasteiger partial charge in [-0.3, -0.25) is 4.98 Å². The van der Waals surface area contributed by atoms with Gasteiger partial charge >= 0.3 is 0 Å². The number of hydrogen-bond donors (Lipinski definition) is 1. The smallest absolute Gasteiger partial charge is 0.124 e. The van der Waals surface area contributed by atoms with Crippen LogP contribution >= 0.6 is 0 Å². The van der Waals surface area contributed by atoms with Crippen LogP contribution < -0.4 is 0 Å². The van der Waals surface area contributed by atoms with Crippen LogP contribution in [0.1, 0.15) is 58.2 Å². The number of terminal acetylenes is 1. The van der Waals surface area contributed by atoms with E-state index in [1.165, 1.54) is 11.1 Å². The highest BCUT2D eigenvalue weighted by Crippen LogP contribution is 2.38. The van der Waals surface area contributed by atoms with Crippen LogP contribution in [0.2, 0.25) is 0 Å². The molecule has 0 aliphatic heterocycles. The van der Waals surface area contributed by atoms with Crippen LogP contribution in [0.4, 0.5) is 0 Å². The van der Waals surface area contributed by atoms with Crippen LogP contribution in [-0.4, -0.2) is 15.1 Å². The van der Waals surface area contributed by atoms with Gasteiger partial charge in [-0.15, -0.1) is 6.42 Å². The number of para-hydroxylation sites is 1. The summed E-state index contributed by atoms with van der Waals surface area (Å²) in [6, 6.07) is 38.9. The second kappa shape index (κ2) is 12.4. The standard InChI is InChI=1S/C44H40N2O/c1-8-29-14-9-10-17-37(29)30-20-21-45-39(25-30)31-15-13-16-32(22-31)40-26-34(27-41(46-40)38-18-11-12-19-42(38)47)33-23-35(43(2,3)4)28-36(24-33)44(5,6)7/h1,9-28,47H,2-7H3. The van der Waals surface area contributed by atoms with Gasteiger partial charge in [0.1, 0.15) is 5.75 Å². The van der Waals surface area contributed by atoms with Crippen LogP contribution in [0.25, 0.3) is 56.0 Å². The second-order valence-electron chi connectivity index (χ2n) is 14.1. The lowest BCUT2D eigenvalue weighted by molar-refractivity contribution is 0.477. The fourth-order valence-electron chi connectivity index (χ4n) is 5.79. The molecule has 1 N–H and O–H groups in total. The summed E-state index contributed by atoms with van der Waals surface area (Å²) >= 11 is 0. The molecule has 0 bridgehead atoms. The van der Waals surface area contributed by atoms with Gasteiger partial charge in [0.25, 0.3) is 0 Å². The van der Waals surface area contributed by atoms with E-state index in [1.54, 1.807) is 6.07 Å². The molecule has 3 nitrogen and oxygen atoms in total. The molecule has 6 aromatic rings. The van der Waals surface area contributed by atoms with Gasteiger partial charge in [0.15, 0.2) is 0 Å². The number of aromatic nitrogens is 2. The molecule has 232 valence electrons. The molecule has 2 heterocycles. The molecule has 0 atom stereocenters. The Morgan fingerprint density at radius 1 is 0.532 bits per heavy atom. The van der Waals surface area contributed by atoms with E-state index in [0.717, 1.165) is 50.3 Å². The van der Waals surface area contributed by atoms with Crippen molar-refractivity contribution in [1.29, 1.82) is 0 Å². The molecule has 47 heavy (non-hydrogen) atoms. The number of benzene rings is 4. The largest absolute Gasteiger partial charge is 0.507 e. The van der Waals surface area contributed by atoms with Crippen LogP contribution in [0.5, 0.6) is 5.75 Å². The van der Waals surface area contributed by atoms with E-state index < -0.39 is 0 Å². The van der Waals surface area contributed by atoms with Gasteiger partial charge in [-0.2, -0.15) is 0 Å². The van der Waals surface area contributed by atoms with Gasteiger partial charge < -0.3 is 5.11 Å². The Balaban J connectivity index is 1.52. The first-order chi connectivity index (χ1) is 22.4. The Morgan fingerprint density at radius 3 is 1.77 bits per heavy atom. The van der Waals surface area contributed by atoms with Gasteiger partial charge in [0.2, 0.25) is 0 Å². The van der Waals surface area contributed by atoms with Crippen molar-refractivity contribution in [3.8, 4) is 74.1 Å². The summed E-state index contributed by atoms with van der Waals surface area (Å²) in [6.45, 7) is 13.5. The highest BCUT2D eigenvalue weighted by atomic mass is 16.3. The van der Waals surface area contributed by atoms with Crippen molar-refractivity contribution < 1.29 is 5.11 Å². The molecule has 0 saturated heterocycles. The lowest BCUT2D eigenvalue weighted by Gasteiger charge is -2.26. The first kappa shape index (κ1) is 31.5. The molecule has 0 aliphatic carbocycles. The number of aromatic hydroxyl groups is 1. The molecule has 3 heteroatoms. The lowest BCUT2D eigenvalue weighted by atomic mass is 9.79. The zero-order valence-corrected chi connectivity index (χ0v) is 28.0. The molecule has 0 amide bonds. The third-order valence-corrected chi connectivity index (χ3v) is 8.61. The van der Waals surface area contributed by atoms with Crippen LogP contribution in [0.15, 0.2) is 121 Å². The van der Waals surface area contributed by atoms with Crippen LogP contribution in [0.3, 0.4) is 0 Å². The van der Waals surface area contributed by atoms with Crippen molar-refractivity contribution in [2.75, 3.05) is 0 Å². The third kappa shape index (κ3) is 6.74. The number of hydrogen-bond acceptors (Lipinski definition) is 3. The Morgan fingerprint density at radius 2 is 1.11 bits per heavy atom. The molecule has 6 rings (SSSR count). The Labute approximate surface area is 279 Å². The van der Waals surface area contributed by atoms with E-state index in [4.69, 9.17) is 16.4 Å². The highest BCUT2D eigenvalue weighted by Gasteiger charge is 2.22. The average molecular weight is 613 g/mol. The molecule has 0 aliphatic rings. The molecule has 0 spiro atoms. The Kier molecular flexibility index (Phi) is 8.31. The monoisotopic (exact) mass is 612 g/mol. The number of pyridine rings is 2. The predicted molar refractivity (Wildman–Crippen MR) is 196 cm³/mol. The van der Waals surface area contributed by atoms with Crippen LogP contribution in [-0.2, 0) is 10.8 Å². The fraction of sp³-hybridized carbons (Fsp3) is 0.182. The minimum Gasteiger partial charge on any atom is -0.507 e. The summed E-state index contributed by atoms with van der Waals surface area (Å²) in [5.74, 6) is 3.00. The van der Waals surface area contributed by atoms with Crippen molar-refractivity contribution in [2.24, 2.45) is 0 Å². The summed E-state index contributed by atoms with van der Waals surface area (Å²) in [7, 11) is 0. The highest BCUT2D eigenvalue weighted by molar-refractivity contribution is 5.81. The zero-order chi connectivity index (χ0) is 33.3. The van der Waals surface area contributed by atoms with Gasteiger partial charge in [-0.1, -0.05) is 114 Å². The minimum absolute atomic E-state index is 0.0248. The Bertz CT molecular complexity index is 2100. The second-order valence-corrected chi connectivity index (χ2v) is 14.1. The van der Waals surface area contributed by atoms with Crippen LogP contribution in [0, 0.1) is 12.3 Å². The molecular formula is C44H40N2O. The first-order valence-corrected chi connectivity index (χ1v) is 16.0. The fourth-order valence-corrected chi connectivity index (χ4v) is 5.79. The minimum atomic E-state index is -0.0248. The topological polar surface area (TPSA) is 46.0 Å².